The summed E-state index contributed by atoms with van der Waals surface area (Å²) in [5, 5.41) is 3.15. The molecular weight excluding hydrogens is 363 g/mol. The molecular formula is C15H15BrF3NS. The van der Waals surface area contributed by atoms with Gasteiger partial charge in [0, 0.05) is 26.0 Å². The van der Waals surface area contributed by atoms with Crippen LogP contribution in [-0.4, -0.2) is 0 Å². The van der Waals surface area contributed by atoms with Crippen LogP contribution in [-0.2, 0) is 6.18 Å². The molecule has 0 amide bonds. The van der Waals surface area contributed by atoms with Crippen LogP contribution in [0.1, 0.15) is 33.8 Å². The van der Waals surface area contributed by atoms with Crippen molar-refractivity contribution < 1.29 is 13.2 Å². The summed E-state index contributed by atoms with van der Waals surface area (Å²) in [5.74, 6) is 0. The summed E-state index contributed by atoms with van der Waals surface area (Å²) < 4.78 is 39.0. The van der Waals surface area contributed by atoms with Gasteiger partial charge >= 0.3 is 6.18 Å². The Hall–Kier alpha value is -1.01. The number of halogens is 4. The molecule has 0 bridgehead atoms. The van der Waals surface area contributed by atoms with Gasteiger partial charge in [0.05, 0.1) is 5.56 Å². The smallest absolute Gasteiger partial charge is 0.378 e. The van der Waals surface area contributed by atoms with E-state index in [1.54, 1.807) is 11.3 Å². The van der Waals surface area contributed by atoms with E-state index >= 15 is 0 Å². The first-order valence-electron chi connectivity index (χ1n) is 6.38. The molecule has 0 spiro atoms. The molecule has 0 saturated heterocycles. The average molecular weight is 378 g/mol. The second-order valence-corrected chi connectivity index (χ2v) is 7.24. The molecule has 114 valence electrons. The maximum absolute atomic E-state index is 12.8. The Morgan fingerprint density at radius 1 is 1.19 bits per heavy atom. The molecule has 0 radical (unpaired) electrons. The number of anilines is 1. The van der Waals surface area contributed by atoms with Crippen LogP contribution in [0.15, 0.2) is 28.7 Å². The monoisotopic (exact) mass is 377 g/mol. The average Bonchev–Trinajstić information content (AvgIpc) is 2.70. The maximum Gasteiger partial charge on any atom is 0.416 e. The van der Waals surface area contributed by atoms with Crippen molar-refractivity contribution in [2.45, 2.75) is 33.0 Å². The van der Waals surface area contributed by atoms with Crippen LogP contribution in [0.25, 0.3) is 0 Å². The third-order valence-corrected chi connectivity index (χ3v) is 4.88. The molecule has 0 aliphatic rings. The zero-order chi connectivity index (χ0) is 15.8. The SMILES string of the molecule is Cc1cc(C(C)Nc2cc(C(F)(F)F)ccc2Br)c(C)s1. The summed E-state index contributed by atoms with van der Waals surface area (Å²) in [6, 6.07) is 5.63. The predicted molar refractivity (Wildman–Crippen MR) is 85.0 cm³/mol. The van der Waals surface area contributed by atoms with Gasteiger partial charge in [-0.25, -0.2) is 0 Å². The van der Waals surface area contributed by atoms with Crippen molar-refractivity contribution >= 4 is 33.0 Å². The Bertz CT molecular complexity index is 649. The molecule has 1 unspecified atom stereocenters. The summed E-state index contributed by atoms with van der Waals surface area (Å²) in [5.41, 5.74) is 0.904. The number of hydrogen-bond donors (Lipinski definition) is 1. The number of rotatable bonds is 3. The lowest BCUT2D eigenvalue weighted by Crippen LogP contribution is -2.10. The second-order valence-electron chi connectivity index (χ2n) is 4.93. The minimum atomic E-state index is -4.34. The molecule has 0 aliphatic carbocycles. The Balaban J connectivity index is 2.28. The van der Waals surface area contributed by atoms with Gasteiger partial charge in [-0.15, -0.1) is 11.3 Å². The van der Waals surface area contributed by atoms with Gasteiger partial charge in [-0.1, -0.05) is 0 Å². The number of hydrogen-bond acceptors (Lipinski definition) is 2. The van der Waals surface area contributed by atoms with E-state index in [1.807, 2.05) is 20.8 Å². The molecule has 2 aromatic rings. The van der Waals surface area contributed by atoms with Crippen molar-refractivity contribution in [3.05, 3.63) is 49.6 Å². The van der Waals surface area contributed by atoms with E-state index in [0.29, 0.717) is 10.2 Å². The van der Waals surface area contributed by atoms with Crippen LogP contribution in [0.5, 0.6) is 0 Å². The first-order valence-corrected chi connectivity index (χ1v) is 7.99. The highest BCUT2D eigenvalue weighted by atomic mass is 79.9. The summed E-state index contributed by atoms with van der Waals surface area (Å²) >= 11 is 4.98. The van der Waals surface area contributed by atoms with Gasteiger partial charge in [0.2, 0.25) is 0 Å². The molecule has 1 heterocycles. The molecule has 1 atom stereocenters. The van der Waals surface area contributed by atoms with E-state index in [4.69, 9.17) is 0 Å². The van der Waals surface area contributed by atoms with Crippen molar-refractivity contribution in [3.8, 4) is 0 Å². The fourth-order valence-corrected chi connectivity index (χ4v) is 3.59. The normalized spacial score (nSPS) is 13.3. The quantitative estimate of drug-likeness (QED) is 0.659. The van der Waals surface area contributed by atoms with Crippen molar-refractivity contribution in [3.63, 3.8) is 0 Å². The largest absolute Gasteiger partial charge is 0.416 e. The third-order valence-electron chi connectivity index (χ3n) is 3.21. The fourth-order valence-electron chi connectivity index (χ4n) is 2.20. The predicted octanol–water partition coefficient (Wildman–Crippen LogP) is 6.32. The third kappa shape index (κ3) is 3.80. The Morgan fingerprint density at radius 3 is 2.38 bits per heavy atom. The number of nitrogens with one attached hydrogen (secondary N) is 1. The Kier molecular flexibility index (Phi) is 4.68. The molecule has 21 heavy (non-hydrogen) atoms. The van der Waals surface area contributed by atoms with Gasteiger partial charge in [0.1, 0.15) is 0 Å². The number of benzene rings is 1. The standard InChI is InChI=1S/C15H15BrF3NS/c1-8-6-12(10(3)21-8)9(2)20-14-7-11(15(17,18)19)4-5-13(14)16/h4-7,9,20H,1-3H3. The van der Waals surface area contributed by atoms with Crippen LogP contribution < -0.4 is 5.32 Å². The lowest BCUT2D eigenvalue weighted by Gasteiger charge is -2.18. The van der Waals surface area contributed by atoms with Crippen molar-refractivity contribution in [2.24, 2.45) is 0 Å². The van der Waals surface area contributed by atoms with E-state index in [-0.39, 0.29) is 6.04 Å². The topological polar surface area (TPSA) is 12.0 Å². The summed E-state index contributed by atoms with van der Waals surface area (Å²) in [7, 11) is 0. The van der Waals surface area contributed by atoms with Crippen molar-refractivity contribution in [1.29, 1.82) is 0 Å². The number of aryl methyl sites for hydroxylation is 2. The Labute approximate surface area is 134 Å². The van der Waals surface area contributed by atoms with Crippen LogP contribution >= 0.6 is 27.3 Å². The minimum absolute atomic E-state index is 0.0604. The van der Waals surface area contributed by atoms with Crippen LogP contribution in [0.2, 0.25) is 0 Å². The van der Waals surface area contributed by atoms with Crippen LogP contribution in [0.3, 0.4) is 0 Å². The van der Waals surface area contributed by atoms with Gasteiger partial charge in [0.25, 0.3) is 0 Å². The molecule has 1 nitrogen and oxygen atoms in total. The second kappa shape index (κ2) is 6.01. The molecule has 6 heteroatoms. The van der Waals surface area contributed by atoms with E-state index in [1.165, 1.54) is 15.8 Å². The highest BCUT2D eigenvalue weighted by Gasteiger charge is 2.31. The molecule has 0 saturated carbocycles. The van der Waals surface area contributed by atoms with Crippen LogP contribution in [0.4, 0.5) is 18.9 Å². The van der Waals surface area contributed by atoms with Gasteiger partial charge in [-0.05, 0) is 66.5 Å². The molecule has 1 aromatic heterocycles. The minimum Gasteiger partial charge on any atom is -0.378 e. The number of alkyl halides is 3. The van der Waals surface area contributed by atoms with E-state index in [9.17, 15) is 13.2 Å². The molecule has 0 fully saturated rings. The molecule has 1 aromatic carbocycles. The van der Waals surface area contributed by atoms with Crippen LogP contribution in [0, 0.1) is 13.8 Å². The summed E-state index contributed by atoms with van der Waals surface area (Å²) in [4.78, 5) is 2.37. The molecule has 1 N–H and O–H groups in total. The van der Waals surface area contributed by atoms with E-state index in [2.05, 4.69) is 27.3 Å². The maximum atomic E-state index is 12.8. The fraction of sp³-hybridized carbons (Fsp3) is 0.333. The first-order chi connectivity index (χ1) is 9.68. The first kappa shape index (κ1) is 16.4. The lowest BCUT2D eigenvalue weighted by atomic mass is 10.1. The lowest BCUT2D eigenvalue weighted by molar-refractivity contribution is -0.137. The van der Waals surface area contributed by atoms with Gasteiger partial charge in [-0.3, -0.25) is 0 Å². The van der Waals surface area contributed by atoms with Gasteiger partial charge < -0.3 is 5.32 Å². The Morgan fingerprint density at radius 2 is 1.86 bits per heavy atom. The highest BCUT2D eigenvalue weighted by molar-refractivity contribution is 9.10. The van der Waals surface area contributed by atoms with Gasteiger partial charge in [-0.2, -0.15) is 13.2 Å². The highest BCUT2D eigenvalue weighted by Crippen LogP contribution is 2.36. The summed E-state index contributed by atoms with van der Waals surface area (Å²) in [6.07, 6.45) is -4.34. The van der Waals surface area contributed by atoms with E-state index < -0.39 is 11.7 Å². The zero-order valence-electron chi connectivity index (χ0n) is 11.8. The molecule has 2 rings (SSSR count). The van der Waals surface area contributed by atoms with E-state index in [0.717, 1.165) is 17.7 Å². The summed E-state index contributed by atoms with van der Waals surface area (Å²) in [6.45, 7) is 5.99. The zero-order valence-corrected chi connectivity index (χ0v) is 14.2. The number of thiophene rings is 1. The van der Waals surface area contributed by atoms with Gasteiger partial charge in [0.15, 0.2) is 0 Å². The van der Waals surface area contributed by atoms with Crippen molar-refractivity contribution in [2.75, 3.05) is 5.32 Å². The van der Waals surface area contributed by atoms with Crippen molar-refractivity contribution in [1.82, 2.24) is 0 Å². The molecule has 0 aliphatic heterocycles.